The quantitative estimate of drug-likeness (QED) is 0.407. The Hall–Kier alpha value is -0.820. The first kappa shape index (κ1) is 15.2. The molecular formula is C15H27N. The summed E-state index contributed by atoms with van der Waals surface area (Å²) >= 11 is 0. The van der Waals surface area contributed by atoms with Crippen molar-refractivity contribution in [2.75, 3.05) is 0 Å². The van der Waals surface area contributed by atoms with Crippen LogP contribution in [0.25, 0.3) is 0 Å². The summed E-state index contributed by atoms with van der Waals surface area (Å²) in [6, 6.07) is 0.334. The maximum atomic E-state index is 6.00. The fourth-order valence-electron chi connectivity index (χ4n) is 1.58. The van der Waals surface area contributed by atoms with Crippen LogP contribution in [0.15, 0.2) is 37.5 Å². The number of rotatable bonds is 11. The highest BCUT2D eigenvalue weighted by molar-refractivity contribution is 4.86. The van der Waals surface area contributed by atoms with E-state index >= 15 is 0 Å². The lowest BCUT2D eigenvalue weighted by Crippen LogP contribution is -2.18. The van der Waals surface area contributed by atoms with Crippen LogP contribution in [-0.4, -0.2) is 6.04 Å². The minimum Gasteiger partial charge on any atom is -0.327 e. The normalized spacial score (nSPS) is 12.8. The Morgan fingerprint density at radius 3 is 2.25 bits per heavy atom. The van der Waals surface area contributed by atoms with Crippen molar-refractivity contribution in [2.24, 2.45) is 5.73 Å². The SMILES string of the molecule is C=CCCCC=CCC(N)CCCCC=C. The van der Waals surface area contributed by atoms with Gasteiger partial charge in [0.1, 0.15) is 0 Å². The van der Waals surface area contributed by atoms with Crippen LogP contribution in [0, 0.1) is 0 Å². The largest absolute Gasteiger partial charge is 0.327 e. The van der Waals surface area contributed by atoms with Gasteiger partial charge in [0, 0.05) is 6.04 Å². The lowest BCUT2D eigenvalue weighted by Gasteiger charge is -2.07. The average Bonchev–Trinajstić information content (AvgIpc) is 2.29. The Labute approximate surface area is 101 Å². The molecule has 0 fully saturated rings. The molecule has 0 bridgehead atoms. The lowest BCUT2D eigenvalue weighted by atomic mass is 10.1. The molecule has 0 aliphatic heterocycles. The predicted octanol–water partition coefficient (Wildman–Crippen LogP) is 4.36. The van der Waals surface area contributed by atoms with E-state index in [0.29, 0.717) is 6.04 Å². The van der Waals surface area contributed by atoms with Gasteiger partial charge in [0.25, 0.3) is 0 Å². The van der Waals surface area contributed by atoms with Crippen molar-refractivity contribution in [3.05, 3.63) is 37.5 Å². The van der Waals surface area contributed by atoms with Crippen LogP contribution in [0.1, 0.15) is 51.4 Å². The zero-order chi connectivity index (χ0) is 12.1. The summed E-state index contributed by atoms with van der Waals surface area (Å²) in [4.78, 5) is 0. The van der Waals surface area contributed by atoms with Gasteiger partial charge < -0.3 is 5.73 Å². The third kappa shape index (κ3) is 11.3. The van der Waals surface area contributed by atoms with Gasteiger partial charge in [0.2, 0.25) is 0 Å². The molecule has 0 aliphatic carbocycles. The molecule has 1 atom stereocenters. The van der Waals surface area contributed by atoms with Crippen molar-refractivity contribution in [3.8, 4) is 0 Å². The van der Waals surface area contributed by atoms with Crippen molar-refractivity contribution < 1.29 is 0 Å². The summed E-state index contributed by atoms with van der Waals surface area (Å²) in [6.07, 6.45) is 17.6. The third-order valence-corrected chi connectivity index (χ3v) is 2.62. The molecule has 0 amide bonds. The Balaban J connectivity index is 3.30. The molecule has 16 heavy (non-hydrogen) atoms. The van der Waals surface area contributed by atoms with Gasteiger partial charge in [-0.15, -0.1) is 13.2 Å². The van der Waals surface area contributed by atoms with E-state index in [1.807, 2.05) is 12.2 Å². The Morgan fingerprint density at radius 1 is 0.875 bits per heavy atom. The fraction of sp³-hybridized carbons (Fsp3) is 0.600. The summed E-state index contributed by atoms with van der Waals surface area (Å²) in [5.74, 6) is 0. The van der Waals surface area contributed by atoms with Crippen LogP contribution >= 0.6 is 0 Å². The van der Waals surface area contributed by atoms with Gasteiger partial charge in [0.15, 0.2) is 0 Å². The molecule has 0 saturated carbocycles. The van der Waals surface area contributed by atoms with Crippen molar-refractivity contribution in [1.29, 1.82) is 0 Å². The molecule has 0 aromatic rings. The topological polar surface area (TPSA) is 26.0 Å². The molecule has 0 rings (SSSR count). The van der Waals surface area contributed by atoms with E-state index in [2.05, 4.69) is 25.3 Å². The van der Waals surface area contributed by atoms with Gasteiger partial charge in [0.05, 0.1) is 0 Å². The van der Waals surface area contributed by atoms with E-state index in [1.54, 1.807) is 0 Å². The van der Waals surface area contributed by atoms with Crippen molar-refractivity contribution in [3.63, 3.8) is 0 Å². The standard InChI is InChI=1S/C15H27N/c1-3-5-7-9-10-12-14-15(16)13-11-8-6-4-2/h3-4,10,12,15H,1-2,5-9,11,13-14,16H2. The molecular weight excluding hydrogens is 194 g/mol. The van der Waals surface area contributed by atoms with Crippen molar-refractivity contribution >= 4 is 0 Å². The summed E-state index contributed by atoms with van der Waals surface area (Å²) in [7, 11) is 0. The van der Waals surface area contributed by atoms with Crippen LogP contribution in [0.4, 0.5) is 0 Å². The molecule has 1 heteroatoms. The Morgan fingerprint density at radius 2 is 1.56 bits per heavy atom. The summed E-state index contributed by atoms with van der Waals surface area (Å²) < 4.78 is 0. The smallest absolute Gasteiger partial charge is 0.00734 e. The Kier molecular flexibility index (Phi) is 11.6. The second kappa shape index (κ2) is 12.3. The maximum Gasteiger partial charge on any atom is 0.00734 e. The van der Waals surface area contributed by atoms with E-state index in [-0.39, 0.29) is 0 Å². The van der Waals surface area contributed by atoms with Gasteiger partial charge in [-0.25, -0.2) is 0 Å². The minimum absolute atomic E-state index is 0.334. The van der Waals surface area contributed by atoms with Gasteiger partial charge in [-0.3, -0.25) is 0 Å². The third-order valence-electron chi connectivity index (χ3n) is 2.62. The number of allylic oxidation sites excluding steroid dienone is 3. The first-order chi connectivity index (χ1) is 7.81. The maximum absolute atomic E-state index is 6.00. The second-order valence-corrected chi connectivity index (χ2v) is 4.26. The second-order valence-electron chi connectivity index (χ2n) is 4.26. The van der Waals surface area contributed by atoms with E-state index in [1.165, 1.54) is 19.3 Å². The van der Waals surface area contributed by atoms with Crippen LogP contribution in [0.2, 0.25) is 0 Å². The van der Waals surface area contributed by atoms with Gasteiger partial charge in [-0.2, -0.15) is 0 Å². The molecule has 0 aliphatic rings. The predicted molar refractivity (Wildman–Crippen MR) is 74.4 cm³/mol. The molecule has 0 radical (unpaired) electrons. The van der Waals surface area contributed by atoms with Crippen LogP contribution < -0.4 is 5.73 Å². The molecule has 0 aromatic carbocycles. The molecule has 92 valence electrons. The minimum atomic E-state index is 0.334. The molecule has 0 heterocycles. The van der Waals surface area contributed by atoms with E-state index in [9.17, 15) is 0 Å². The first-order valence-electron chi connectivity index (χ1n) is 6.43. The van der Waals surface area contributed by atoms with Gasteiger partial charge >= 0.3 is 0 Å². The van der Waals surface area contributed by atoms with Crippen molar-refractivity contribution in [2.45, 2.75) is 57.4 Å². The van der Waals surface area contributed by atoms with E-state index < -0.39 is 0 Å². The summed E-state index contributed by atoms with van der Waals surface area (Å²) in [6.45, 7) is 7.42. The monoisotopic (exact) mass is 221 g/mol. The van der Waals surface area contributed by atoms with E-state index in [0.717, 1.165) is 32.1 Å². The molecule has 1 unspecified atom stereocenters. The lowest BCUT2D eigenvalue weighted by molar-refractivity contribution is 0.570. The Bertz CT molecular complexity index is 194. The highest BCUT2D eigenvalue weighted by Gasteiger charge is 1.98. The van der Waals surface area contributed by atoms with Gasteiger partial charge in [-0.05, 0) is 44.9 Å². The number of hydrogen-bond donors (Lipinski definition) is 1. The van der Waals surface area contributed by atoms with Gasteiger partial charge in [-0.1, -0.05) is 30.7 Å². The van der Waals surface area contributed by atoms with E-state index in [4.69, 9.17) is 5.73 Å². The van der Waals surface area contributed by atoms with Crippen LogP contribution in [0.3, 0.4) is 0 Å². The molecule has 0 saturated heterocycles. The van der Waals surface area contributed by atoms with Crippen LogP contribution in [-0.2, 0) is 0 Å². The highest BCUT2D eigenvalue weighted by Crippen LogP contribution is 2.06. The number of nitrogens with two attached hydrogens (primary N) is 1. The summed E-state index contributed by atoms with van der Waals surface area (Å²) in [5.41, 5.74) is 6.00. The first-order valence-corrected chi connectivity index (χ1v) is 6.43. The number of hydrogen-bond acceptors (Lipinski definition) is 1. The fourth-order valence-corrected chi connectivity index (χ4v) is 1.58. The molecule has 2 N–H and O–H groups in total. The molecule has 0 aromatic heterocycles. The highest BCUT2D eigenvalue weighted by atomic mass is 14.6. The van der Waals surface area contributed by atoms with Crippen molar-refractivity contribution in [1.82, 2.24) is 0 Å². The average molecular weight is 221 g/mol. The van der Waals surface area contributed by atoms with Crippen LogP contribution in [0.5, 0.6) is 0 Å². The summed E-state index contributed by atoms with van der Waals surface area (Å²) in [5, 5.41) is 0. The zero-order valence-corrected chi connectivity index (χ0v) is 10.5. The zero-order valence-electron chi connectivity index (χ0n) is 10.5. The number of unbranched alkanes of at least 4 members (excludes halogenated alkanes) is 4. The molecule has 0 spiro atoms. The molecule has 1 nitrogen and oxygen atoms in total.